The molecule has 4 saturated carbocycles. The molecule has 4 nitrogen and oxygen atoms in total. The first-order chi connectivity index (χ1) is 14.1. The molecule has 0 amide bonds. The number of hydrogen-bond acceptors (Lipinski definition) is 4. The van der Waals surface area contributed by atoms with Crippen molar-refractivity contribution in [3.8, 4) is 0 Å². The standard InChI is InChI=1S/C26H36O4/c1-14-9-16-11-21-19-6-5-17-12-18(30-15(2)27)7-8-25(17,3)20(19)13-23(29)26(21,4)24(16)22(28)10-14/h10,16-21,24H,5-9,11-13H2,1-4H3/t16-,17-,18-,19+,20-,21-,24+,25-,26+/m0/s1. The van der Waals surface area contributed by atoms with Gasteiger partial charge in [0.2, 0.25) is 0 Å². The van der Waals surface area contributed by atoms with Gasteiger partial charge in [0.1, 0.15) is 11.9 Å². The molecule has 0 spiro atoms. The minimum Gasteiger partial charge on any atom is -0.463 e. The van der Waals surface area contributed by atoms with Gasteiger partial charge < -0.3 is 4.74 Å². The third kappa shape index (κ3) is 2.74. The van der Waals surface area contributed by atoms with Crippen LogP contribution in [0.2, 0.25) is 0 Å². The minimum atomic E-state index is -0.460. The molecule has 0 unspecified atom stereocenters. The molecule has 0 aromatic heterocycles. The highest BCUT2D eigenvalue weighted by Crippen LogP contribution is 2.68. The maximum absolute atomic E-state index is 13.7. The summed E-state index contributed by atoms with van der Waals surface area (Å²) in [4.78, 5) is 38.2. The lowest BCUT2D eigenvalue weighted by atomic mass is 9.44. The molecule has 0 aromatic carbocycles. The van der Waals surface area contributed by atoms with Crippen LogP contribution in [0.15, 0.2) is 11.6 Å². The monoisotopic (exact) mass is 412 g/mol. The summed E-state index contributed by atoms with van der Waals surface area (Å²) >= 11 is 0. The highest BCUT2D eigenvalue weighted by Gasteiger charge is 2.67. The number of ether oxygens (including phenoxy) is 1. The van der Waals surface area contributed by atoms with Crippen LogP contribution in [0.5, 0.6) is 0 Å². The molecule has 164 valence electrons. The van der Waals surface area contributed by atoms with Crippen molar-refractivity contribution in [1.29, 1.82) is 0 Å². The number of rotatable bonds is 1. The molecule has 9 atom stereocenters. The number of ketones is 2. The maximum atomic E-state index is 13.7. The van der Waals surface area contributed by atoms with Crippen LogP contribution in [0.4, 0.5) is 0 Å². The molecule has 4 fully saturated rings. The van der Waals surface area contributed by atoms with Crippen LogP contribution in [0.1, 0.15) is 79.1 Å². The zero-order valence-electron chi connectivity index (χ0n) is 18.9. The predicted molar refractivity (Wildman–Crippen MR) is 113 cm³/mol. The van der Waals surface area contributed by atoms with Gasteiger partial charge in [0, 0.05) is 24.7 Å². The first-order valence-corrected chi connectivity index (χ1v) is 12.1. The number of hydrogen-bond donors (Lipinski definition) is 0. The molecule has 5 aliphatic rings. The molecule has 5 aliphatic carbocycles. The molecule has 0 radical (unpaired) electrons. The van der Waals surface area contributed by atoms with Gasteiger partial charge in [-0.25, -0.2) is 0 Å². The molecular formula is C26H36O4. The summed E-state index contributed by atoms with van der Waals surface area (Å²) in [6.45, 7) is 8.12. The van der Waals surface area contributed by atoms with Gasteiger partial charge in [0.05, 0.1) is 0 Å². The second kappa shape index (κ2) is 6.77. The lowest BCUT2D eigenvalue weighted by Gasteiger charge is -2.60. The average molecular weight is 413 g/mol. The highest BCUT2D eigenvalue weighted by molar-refractivity contribution is 6.00. The van der Waals surface area contributed by atoms with Gasteiger partial charge in [-0.05, 0) is 93.0 Å². The van der Waals surface area contributed by atoms with E-state index in [2.05, 4.69) is 20.8 Å². The van der Waals surface area contributed by atoms with Gasteiger partial charge in [-0.15, -0.1) is 0 Å². The van der Waals surface area contributed by atoms with Crippen LogP contribution in [-0.2, 0) is 19.1 Å². The summed E-state index contributed by atoms with van der Waals surface area (Å²) in [5, 5.41) is 0. The number of carbonyl (C=O) groups is 3. The van der Waals surface area contributed by atoms with Crippen molar-refractivity contribution < 1.29 is 19.1 Å². The third-order valence-electron chi connectivity index (χ3n) is 10.3. The summed E-state index contributed by atoms with van der Waals surface area (Å²) < 4.78 is 5.56. The molecule has 0 aliphatic heterocycles. The zero-order valence-corrected chi connectivity index (χ0v) is 18.9. The zero-order chi connectivity index (χ0) is 21.4. The highest BCUT2D eigenvalue weighted by atomic mass is 16.5. The van der Waals surface area contributed by atoms with Crippen LogP contribution in [-0.4, -0.2) is 23.6 Å². The van der Waals surface area contributed by atoms with Crippen molar-refractivity contribution in [3.63, 3.8) is 0 Å². The summed E-state index contributed by atoms with van der Waals surface area (Å²) in [7, 11) is 0. The van der Waals surface area contributed by atoms with E-state index in [0.717, 1.165) is 44.9 Å². The second-order valence-corrected chi connectivity index (χ2v) is 11.6. The Morgan fingerprint density at radius 2 is 1.83 bits per heavy atom. The number of Topliss-reactive ketones (excluding diaryl/α,β-unsaturated/α-hetero) is 1. The first kappa shape index (κ1) is 20.5. The summed E-state index contributed by atoms with van der Waals surface area (Å²) in [5.41, 5.74) is 0.882. The Balaban J connectivity index is 1.43. The van der Waals surface area contributed by atoms with Gasteiger partial charge in [-0.2, -0.15) is 0 Å². The Hall–Kier alpha value is -1.45. The Morgan fingerprint density at radius 3 is 2.57 bits per heavy atom. The fourth-order valence-corrected chi connectivity index (χ4v) is 8.99. The van der Waals surface area contributed by atoms with E-state index < -0.39 is 5.41 Å². The van der Waals surface area contributed by atoms with E-state index >= 15 is 0 Å². The lowest BCUT2D eigenvalue weighted by Crippen LogP contribution is -2.57. The molecular weight excluding hydrogens is 376 g/mol. The molecule has 0 bridgehead atoms. The van der Waals surface area contributed by atoms with E-state index in [4.69, 9.17) is 4.74 Å². The molecule has 5 rings (SSSR count). The lowest BCUT2D eigenvalue weighted by molar-refractivity contribution is -0.167. The molecule has 0 aromatic rings. The number of esters is 1. The first-order valence-electron chi connectivity index (χ1n) is 12.1. The van der Waals surface area contributed by atoms with Crippen LogP contribution < -0.4 is 0 Å². The van der Waals surface area contributed by atoms with Crippen LogP contribution in [0, 0.1) is 46.3 Å². The van der Waals surface area contributed by atoms with Crippen molar-refractivity contribution in [2.24, 2.45) is 46.3 Å². The quantitative estimate of drug-likeness (QED) is 0.575. The Kier molecular flexibility index (Phi) is 4.62. The van der Waals surface area contributed by atoms with Crippen molar-refractivity contribution >= 4 is 17.5 Å². The molecule has 4 heteroatoms. The summed E-state index contributed by atoms with van der Waals surface area (Å²) in [6.07, 6.45) is 9.76. The van der Waals surface area contributed by atoms with Crippen molar-refractivity contribution in [2.45, 2.75) is 85.2 Å². The number of carbonyl (C=O) groups excluding carboxylic acids is 3. The topological polar surface area (TPSA) is 60.4 Å². The number of allylic oxidation sites excluding steroid dienone is 2. The van der Waals surface area contributed by atoms with Crippen molar-refractivity contribution in [3.05, 3.63) is 11.6 Å². The van der Waals surface area contributed by atoms with Gasteiger partial charge in [-0.1, -0.05) is 19.4 Å². The third-order valence-corrected chi connectivity index (χ3v) is 10.3. The second-order valence-electron chi connectivity index (χ2n) is 11.6. The van der Waals surface area contributed by atoms with Gasteiger partial charge >= 0.3 is 5.97 Å². The molecule has 0 N–H and O–H groups in total. The minimum absolute atomic E-state index is 0.0442. The fraction of sp³-hybridized carbons (Fsp3) is 0.808. The maximum Gasteiger partial charge on any atom is 0.302 e. The Bertz CT molecular complexity index is 827. The SMILES string of the molecule is CC(=O)O[C@H]1CC[C@@]2(C)[C@@H](CC[C@@H]3[C@@H]2CC(=O)[C@@]2(C)[C@H]3C[C@@H]3CC(C)=CC(=O)[C@@H]32)C1. The molecule has 0 heterocycles. The molecule has 0 saturated heterocycles. The number of fused-ring (bicyclic) bond motifs is 7. The van der Waals surface area contributed by atoms with E-state index in [9.17, 15) is 14.4 Å². The fourth-order valence-electron chi connectivity index (χ4n) is 8.99. The largest absolute Gasteiger partial charge is 0.463 e. The predicted octanol–water partition coefficient (Wildman–Crippen LogP) is 4.90. The summed E-state index contributed by atoms with van der Waals surface area (Å²) in [6, 6.07) is 0. The van der Waals surface area contributed by atoms with Crippen molar-refractivity contribution in [1.82, 2.24) is 0 Å². The Labute approximate surface area is 180 Å². The van der Waals surface area contributed by atoms with E-state index in [0.29, 0.717) is 41.8 Å². The van der Waals surface area contributed by atoms with E-state index in [1.54, 1.807) is 0 Å². The Morgan fingerprint density at radius 1 is 1.07 bits per heavy atom. The van der Waals surface area contributed by atoms with Gasteiger partial charge in [0.25, 0.3) is 0 Å². The van der Waals surface area contributed by atoms with Crippen molar-refractivity contribution in [2.75, 3.05) is 0 Å². The van der Waals surface area contributed by atoms with E-state index in [-0.39, 0.29) is 29.2 Å². The van der Waals surface area contributed by atoms with Crippen LogP contribution in [0.3, 0.4) is 0 Å². The smallest absolute Gasteiger partial charge is 0.302 e. The van der Waals surface area contributed by atoms with Crippen LogP contribution >= 0.6 is 0 Å². The summed E-state index contributed by atoms with van der Waals surface area (Å²) in [5.74, 6) is 2.50. The van der Waals surface area contributed by atoms with E-state index in [1.807, 2.05) is 6.08 Å². The van der Waals surface area contributed by atoms with E-state index in [1.165, 1.54) is 12.5 Å². The normalized spacial score (nSPS) is 50.0. The molecule has 30 heavy (non-hydrogen) atoms. The van der Waals surface area contributed by atoms with Gasteiger partial charge in [0.15, 0.2) is 5.78 Å². The average Bonchev–Trinajstić information content (AvgIpc) is 2.96. The van der Waals surface area contributed by atoms with Gasteiger partial charge in [-0.3, -0.25) is 14.4 Å². The van der Waals surface area contributed by atoms with Crippen LogP contribution in [0.25, 0.3) is 0 Å².